The van der Waals surface area contributed by atoms with Crippen LogP contribution in [-0.2, 0) is 10.0 Å². The number of halogens is 1. The van der Waals surface area contributed by atoms with Crippen molar-refractivity contribution in [3.8, 4) is 0 Å². The van der Waals surface area contributed by atoms with E-state index in [1.54, 1.807) is 13.0 Å². The Balaban J connectivity index is 2.38. The second kappa shape index (κ2) is 4.85. The lowest BCUT2D eigenvalue weighted by Gasteiger charge is -2.10. The number of hydrogen-bond acceptors (Lipinski definition) is 4. The molecule has 3 N–H and O–H groups in total. The normalized spacial score (nSPS) is 11.3. The molecule has 0 aliphatic carbocycles. The fourth-order valence-electron chi connectivity index (χ4n) is 1.48. The number of benzene rings is 1. The Hall–Kier alpha value is -2.15. The highest BCUT2D eigenvalue weighted by Gasteiger charge is 2.16. The van der Waals surface area contributed by atoms with Gasteiger partial charge in [-0.25, -0.2) is 12.8 Å². The zero-order chi connectivity index (χ0) is 14.0. The van der Waals surface area contributed by atoms with Crippen LogP contribution in [-0.4, -0.2) is 13.4 Å². The van der Waals surface area contributed by atoms with Crippen LogP contribution in [0.2, 0.25) is 0 Å². The smallest absolute Gasteiger partial charge is 0.261 e. The van der Waals surface area contributed by atoms with E-state index in [1.165, 1.54) is 12.4 Å². The SMILES string of the molecule is Cc1cnccc1NS(=O)(=O)c1ccc(F)c(N)c1. The molecule has 0 bridgehead atoms. The molecule has 100 valence electrons. The van der Waals surface area contributed by atoms with Crippen molar-refractivity contribution in [2.75, 3.05) is 10.5 Å². The topological polar surface area (TPSA) is 85.1 Å². The summed E-state index contributed by atoms with van der Waals surface area (Å²) in [5, 5.41) is 0. The largest absolute Gasteiger partial charge is 0.396 e. The fourth-order valence-corrected chi connectivity index (χ4v) is 2.65. The van der Waals surface area contributed by atoms with Crippen LogP contribution in [0.1, 0.15) is 5.56 Å². The standard InChI is InChI=1S/C12H12FN3O2S/c1-8-7-15-5-4-12(8)16-19(17,18)9-2-3-10(13)11(14)6-9/h2-7H,14H2,1H3,(H,15,16). The fraction of sp³-hybridized carbons (Fsp3) is 0.0833. The Bertz CT molecular complexity index is 717. The third-order valence-electron chi connectivity index (χ3n) is 2.54. The summed E-state index contributed by atoms with van der Waals surface area (Å²) >= 11 is 0. The van der Waals surface area contributed by atoms with Crippen molar-refractivity contribution in [2.24, 2.45) is 0 Å². The Kier molecular flexibility index (Phi) is 3.39. The van der Waals surface area contributed by atoms with Gasteiger partial charge in [-0.15, -0.1) is 0 Å². The van der Waals surface area contributed by atoms with E-state index in [-0.39, 0.29) is 10.6 Å². The van der Waals surface area contributed by atoms with E-state index in [4.69, 9.17) is 5.73 Å². The number of nitrogen functional groups attached to an aromatic ring is 1. The summed E-state index contributed by atoms with van der Waals surface area (Å²) < 4.78 is 39.6. The molecule has 2 aromatic rings. The molecule has 0 aliphatic rings. The minimum absolute atomic E-state index is 0.0948. The zero-order valence-corrected chi connectivity index (χ0v) is 10.9. The van der Waals surface area contributed by atoms with Crippen LogP contribution in [0.25, 0.3) is 0 Å². The van der Waals surface area contributed by atoms with Crippen molar-refractivity contribution in [3.05, 3.63) is 48.0 Å². The molecule has 0 aliphatic heterocycles. The molecule has 0 unspecified atom stereocenters. The van der Waals surface area contributed by atoms with Gasteiger partial charge in [0.15, 0.2) is 0 Å². The molecule has 5 nitrogen and oxygen atoms in total. The van der Waals surface area contributed by atoms with Gasteiger partial charge in [0, 0.05) is 12.4 Å². The number of sulfonamides is 1. The number of aromatic nitrogens is 1. The van der Waals surface area contributed by atoms with E-state index < -0.39 is 15.8 Å². The van der Waals surface area contributed by atoms with Crippen LogP contribution in [0.4, 0.5) is 15.8 Å². The van der Waals surface area contributed by atoms with Crippen molar-refractivity contribution >= 4 is 21.4 Å². The predicted octanol–water partition coefficient (Wildman–Crippen LogP) is 1.91. The first kappa shape index (κ1) is 13.3. The van der Waals surface area contributed by atoms with Crippen molar-refractivity contribution in [2.45, 2.75) is 11.8 Å². The van der Waals surface area contributed by atoms with Crippen LogP contribution in [0.15, 0.2) is 41.6 Å². The molecule has 0 saturated heterocycles. The second-order valence-electron chi connectivity index (χ2n) is 3.98. The van der Waals surface area contributed by atoms with Gasteiger partial charge in [-0.05, 0) is 36.8 Å². The van der Waals surface area contributed by atoms with Gasteiger partial charge in [-0.1, -0.05) is 0 Å². The molecule has 19 heavy (non-hydrogen) atoms. The monoisotopic (exact) mass is 281 g/mol. The summed E-state index contributed by atoms with van der Waals surface area (Å²) in [6.07, 6.45) is 3.01. The maximum Gasteiger partial charge on any atom is 0.261 e. The van der Waals surface area contributed by atoms with E-state index in [9.17, 15) is 12.8 Å². The van der Waals surface area contributed by atoms with Gasteiger partial charge in [0.2, 0.25) is 0 Å². The van der Waals surface area contributed by atoms with Crippen LogP contribution in [0.5, 0.6) is 0 Å². The van der Waals surface area contributed by atoms with E-state index >= 15 is 0 Å². The van der Waals surface area contributed by atoms with E-state index in [0.29, 0.717) is 11.3 Å². The zero-order valence-electron chi connectivity index (χ0n) is 10.1. The first-order valence-electron chi connectivity index (χ1n) is 5.38. The molecule has 0 saturated carbocycles. The van der Waals surface area contributed by atoms with E-state index in [1.807, 2.05) is 0 Å². The average molecular weight is 281 g/mol. The lowest BCUT2D eigenvalue weighted by atomic mass is 10.3. The summed E-state index contributed by atoms with van der Waals surface area (Å²) in [6.45, 7) is 1.73. The van der Waals surface area contributed by atoms with Crippen LogP contribution >= 0.6 is 0 Å². The first-order valence-corrected chi connectivity index (χ1v) is 6.87. The molecule has 0 fully saturated rings. The van der Waals surface area contributed by atoms with E-state index in [2.05, 4.69) is 9.71 Å². The summed E-state index contributed by atoms with van der Waals surface area (Å²) in [4.78, 5) is 3.77. The van der Waals surface area contributed by atoms with Gasteiger partial charge in [0.25, 0.3) is 10.0 Å². The summed E-state index contributed by atoms with van der Waals surface area (Å²) in [7, 11) is -3.80. The number of nitrogens with two attached hydrogens (primary N) is 1. The number of aryl methyl sites for hydroxylation is 1. The average Bonchev–Trinajstić information content (AvgIpc) is 2.35. The quantitative estimate of drug-likeness (QED) is 0.842. The number of pyridine rings is 1. The molecule has 1 heterocycles. The highest BCUT2D eigenvalue weighted by atomic mass is 32.2. The second-order valence-corrected chi connectivity index (χ2v) is 5.66. The van der Waals surface area contributed by atoms with Crippen LogP contribution in [0, 0.1) is 12.7 Å². The number of anilines is 2. The lowest BCUT2D eigenvalue weighted by molar-refractivity contribution is 0.600. The van der Waals surface area contributed by atoms with E-state index in [0.717, 1.165) is 18.2 Å². The predicted molar refractivity (Wildman–Crippen MR) is 70.6 cm³/mol. The molecule has 1 aromatic heterocycles. The number of nitrogens with one attached hydrogen (secondary N) is 1. The molecule has 7 heteroatoms. The minimum Gasteiger partial charge on any atom is -0.396 e. The van der Waals surface area contributed by atoms with Gasteiger partial charge in [-0.3, -0.25) is 9.71 Å². The third kappa shape index (κ3) is 2.82. The molecule has 2 rings (SSSR count). The van der Waals surface area contributed by atoms with Crippen molar-refractivity contribution in [1.82, 2.24) is 4.98 Å². The van der Waals surface area contributed by atoms with Crippen LogP contribution in [0.3, 0.4) is 0 Å². The molecule has 1 aromatic carbocycles. The van der Waals surface area contributed by atoms with Crippen molar-refractivity contribution in [1.29, 1.82) is 0 Å². The Labute approximate surface area is 110 Å². The van der Waals surface area contributed by atoms with Crippen molar-refractivity contribution in [3.63, 3.8) is 0 Å². The summed E-state index contributed by atoms with van der Waals surface area (Å²) in [5.74, 6) is -0.654. The summed E-state index contributed by atoms with van der Waals surface area (Å²) in [6, 6.07) is 4.79. The molecule has 0 spiro atoms. The van der Waals surface area contributed by atoms with Crippen molar-refractivity contribution < 1.29 is 12.8 Å². The lowest BCUT2D eigenvalue weighted by Crippen LogP contribution is -2.14. The maximum atomic E-state index is 13.0. The maximum absolute atomic E-state index is 13.0. The van der Waals surface area contributed by atoms with Crippen LogP contribution < -0.4 is 10.5 Å². The van der Waals surface area contributed by atoms with Gasteiger partial charge in [-0.2, -0.15) is 0 Å². The highest BCUT2D eigenvalue weighted by molar-refractivity contribution is 7.92. The Morgan fingerprint density at radius 3 is 2.68 bits per heavy atom. The molecule has 0 amide bonds. The van der Waals surface area contributed by atoms with Gasteiger partial charge >= 0.3 is 0 Å². The van der Waals surface area contributed by atoms with Gasteiger partial charge in [0.05, 0.1) is 16.3 Å². The Morgan fingerprint density at radius 2 is 2.05 bits per heavy atom. The number of rotatable bonds is 3. The minimum atomic E-state index is -3.80. The van der Waals surface area contributed by atoms with Gasteiger partial charge in [0.1, 0.15) is 5.82 Å². The molecular formula is C12H12FN3O2S. The molecule has 0 radical (unpaired) electrons. The third-order valence-corrected chi connectivity index (χ3v) is 3.91. The number of hydrogen-bond donors (Lipinski definition) is 2. The number of nitrogens with zero attached hydrogens (tertiary/aromatic N) is 1. The highest BCUT2D eigenvalue weighted by Crippen LogP contribution is 2.21. The Morgan fingerprint density at radius 1 is 1.32 bits per heavy atom. The van der Waals surface area contributed by atoms with Gasteiger partial charge < -0.3 is 5.73 Å². The molecule has 0 atom stereocenters. The first-order chi connectivity index (χ1) is 8.90. The summed E-state index contributed by atoms with van der Waals surface area (Å²) in [5.41, 5.74) is 6.25. The molecular weight excluding hydrogens is 269 g/mol.